The number of halogens is 1. The molecule has 0 saturated carbocycles. The average Bonchev–Trinajstić information content (AvgIpc) is 2.72. The standard InChI is InChI=1S/C20H28N4O3.HI/c1-4-22-20(24-14-17(25)16-8-10-21-11-9-16)23-12-7-15-5-6-18(26-2)19(13-15)27-3;/h5-6,8-11,13,17,25H,4,7,12,14H2,1-3H3,(H2,22,23,24);1H. The van der Waals surface area contributed by atoms with Crippen LogP contribution in [0.15, 0.2) is 47.7 Å². The van der Waals surface area contributed by atoms with Gasteiger partial charge in [-0.05, 0) is 48.7 Å². The van der Waals surface area contributed by atoms with Gasteiger partial charge < -0.3 is 25.2 Å². The third-order valence-electron chi connectivity index (χ3n) is 4.01. The minimum atomic E-state index is -0.658. The molecule has 0 spiro atoms. The molecule has 8 heteroatoms. The highest BCUT2D eigenvalue weighted by Crippen LogP contribution is 2.27. The lowest BCUT2D eigenvalue weighted by atomic mass is 10.1. The molecular weight excluding hydrogens is 471 g/mol. The van der Waals surface area contributed by atoms with Gasteiger partial charge >= 0.3 is 0 Å². The summed E-state index contributed by atoms with van der Waals surface area (Å²) in [6.45, 7) is 3.72. The maximum Gasteiger partial charge on any atom is 0.191 e. The van der Waals surface area contributed by atoms with Gasteiger partial charge in [0, 0.05) is 25.5 Å². The summed E-state index contributed by atoms with van der Waals surface area (Å²) < 4.78 is 10.6. The van der Waals surface area contributed by atoms with Crippen molar-refractivity contribution in [2.45, 2.75) is 19.4 Å². The minimum absolute atomic E-state index is 0. The molecule has 0 radical (unpaired) electrons. The summed E-state index contributed by atoms with van der Waals surface area (Å²) >= 11 is 0. The van der Waals surface area contributed by atoms with Crippen LogP contribution in [-0.4, -0.2) is 49.9 Å². The van der Waals surface area contributed by atoms with E-state index in [-0.39, 0.29) is 30.5 Å². The fourth-order valence-electron chi connectivity index (χ4n) is 2.57. The van der Waals surface area contributed by atoms with E-state index in [0.717, 1.165) is 29.8 Å². The molecule has 1 aromatic heterocycles. The molecule has 28 heavy (non-hydrogen) atoms. The van der Waals surface area contributed by atoms with E-state index in [0.29, 0.717) is 18.3 Å². The fourth-order valence-corrected chi connectivity index (χ4v) is 2.57. The Balaban J connectivity index is 0.00000392. The van der Waals surface area contributed by atoms with Crippen molar-refractivity contribution in [3.8, 4) is 11.5 Å². The van der Waals surface area contributed by atoms with E-state index in [1.54, 1.807) is 38.7 Å². The molecule has 2 rings (SSSR count). The second kappa shape index (κ2) is 13.2. The number of aliphatic imine (C=N–C) groups is 1. The van der Waals surface area contributed by atoms with E-state index >= 15 is 0 Å². The second-order valence-corrected chi connectivity index (χ2v) is 5.88. The molecule has 0 saturated heterocycles. The molecule has 3 N–H and O–H groups in total. The molecule has 0 aliphatic rings. The lowest BCUT2D eigenvalue weighted by Gasteiger charge is -2.14. The maximum atomic E-state index is 10.2. The second-order valence-electron chi connectivity index (χ2n) is 5.88. The molecule has 154 valence electrons. The van der Waals surface area contributed by atoms with Crippen molar-refractivity contribution >= 4 is 29.9 Å². The molecule has 1 heterocycles. The molecule has 0 aliphatic heterocycles. The number of benzene rings is 1. The first-order chi connectivity index (χ1) is 13.2. The monoisotopic (exact) mass is 500 g/mol. The highest BCUT2D eigenvalue weighted by molar-refractivity contribution is 14.0. The number of pyridine rings is 1. The van der Waals surface area contributed by atoms with Crippen molar-refractivity contribution in [3.05, 3.63) is 53.9 Å². The Morgan fingerprint density at radius 1 is 1.11 bits per heavy atom. The van der Waals surface area contributed by atoms with Crippen LogP contribution in [0.25, 0.3) is 0 Å². The number of aliphatic hydroxyl groups is 1. The molecule has 1 unspecified atom stereocenters. The number of rotatable bonds is 9. The van der Waals surface area contributed by atoms with Crippen molar-refractivity contribution < 1.29 is 14.6 Å². The Bertz CT molecular complexity index is 729. The molecule has 0 bridgehead atoms. The third-order valence-corrected chi connectivity index (χ3v) is 4.01. The zero-order valence-electron chi connectivity index (χ0n) is 16.5. The Kier molecular flexibility index (Phi) is 11.3. The molecule has 0 fully saturated rings. The van der Waals surface area contributed by atoms with E-state index in [2.05, 4.69) is 20.6 Å². The number of guanidine groups is 1. The number of nitrogens with one attached hydrogen (secondary N) is 2. The number of hydrogen-bond acceptors (Lipinski definition) is 5. The van der Waals surface area contributed by atoms with Crippen LogP contribution in [-0.2, 0) is 6.42 Å². The van der Waals surface area contributed by atoms with Gasteiger partial charge in [0.2, 0.25) is 0 Å². The van der Waals surface area contributed by atoms with Crippen LogP contribution in [0.2, 0.25) is 0 Å². The largest absolute Gasteiger partial charge is 0.493 e. The molecule has 7 nitrogen and oxygen atoms in total. The van der Waals surface area contributed by atoms with Crippen molar-refractivity contribution in [1.29, 1.82) is 0 Å². The Hall–Kier alpha value is -2.07. The molecule has 0 aliphatic carbocycles. The van der Waals surface area contributed by atoms with Crippen LogP contribution in [0, 0.1) is 0 Å². The summed E-state index contributed by atoms with van der Waals surface area (Å²) in [4.78, 5) is 8.42. The van der Waals surface area contributed by atoms with Crippen LogP contribution in [0.3, 0.4) is 0 Å². The van der Waals surface area contributed by atoms with Gasteiger partial charge in [0.15, 0.2) is 17.5 Å². The first-order valence-corrected chi connectivity index (χ1v) is 8.99. The van der Waals surface area contributed by atoms with E-state index in [4.69, 9.17) is 9.47 Å². The Labute approximate surface area is 183 Å². The Morgan fingerprint density at radius 2 is 1.82 bits per heavy atom. The van der Waals surface area contributed by atoms with Crippen LogP contribution in [0.4, 0.5) is 0 Å². The summed E-state index contributed by atoms with van der Waals surface area (Å²) in [6, 6.07) is 9.46. The van der Waals surface area contributed by atoms with Crippen molar-refractivity contribution in [2.24, 2.45) is 4.99 Å². The van der Waals surface area contributed by atoms with E-state index in [1.165, 1.54) is 0 Å². The fraction of sp³-hybridized carbons (Fsp3) is 0.400. The van der Waals surface area contributed by atoms with Gasteiger partial charge in [0.05, 0.1) is 26.9 Å². The predicted octanol–water partition coefficient (Wildman–Crippen LogP) is 2.55. The van der Waals surface area contributed by atoms with Crippen LogP contribution in [0.5, 0.6) is 11.5 Å². The van der Waals surface area contributed by atoms with Crippen molar-refractivity contribution in [2.75, 3.05) is 33.9 Å². The van der Waals surface area contributed by atoms with Crippen LogP contribution >= 0.6 is 24.0 Å². The molecule has 1 aromatic carbocycles. The van der Waals surface area contributed by atoms with E-state index in [1.807, 2.05) is 25.1 Å². The SMILES string of the molecule is CCNC(=NCC(O)c1ccncc1)NCCc1ccc(OC)c(OC)c1.I. The van der Waals surface area contributed by atoms with Gasteiger partial charge in [0.1, 0.15) is 0 Å². The lowest BCUT2D eigenvalue weighted by molar-refractivity contribution is 0.187. The molecule has 0 amide bonds. The highest BCUT2D eigenvalue weighted by Gasteiger charge is 2.08. The van der Waals surface area contributed by atoms with Crippen molar-refractivity contribution in [1.82, 2.24) is 15.6 Å². The summed E-state index contributed by atoms with van der Waals surface area (Å²) in [5.41, 5.74) is 1.93. The van der Waals surface area contributed by atoms with E-state index < -0.39 is 6.10 Å². The quantitative estimate of drug-likeness (QED) is 0.279. The van der Waals surface area contributed by atoms with Gasteiger partial charge in [-0.1, -0.05) is 6.07 Å². The van der Waals surface area contributed by atoms with Gasteiger partial charge in [-0.15, -0.1) is 24.0 Å². The van der Waals surface area contributed by atoms with Gasteiger partial charge in [-0.2, -0.15) is 0 Å². The first-order valence-electron chi connectivity index (χ1n) is 8.99. The summed E-state index contributed by atoms with van der Waals surface area (Å²) in [7, 11) is 3.25. The number of aliphatic hydroxyl groups excluding tert-OH is 1. The number of methoxy groups -OCH3 is 2. The van der Waals surface area contributed by atoms with E-state index in [9.17, 15) is 5.11 Å². The van der Waals surface area contributed by atoms with Gasteiger partial charge in [0.25, 0.3) is 0 Å². The highest BCUT2D eigenvalue weighted by atomic mass is 127. The topological polar surface area (TPSA) is 88.0 Å². The Morgan fingerprint density at radius 3 is 2.46 bits per heavy atom. The smallest absolute Gasteiger partial charge is 0.191 e. The lowest BCUT2D eigenvalue weighted by Crippen LogP contribution is -2.38. The molecule has 1 atom stereocenters. The van der Waals surface area contributed by atoms with Crippen LogP contribution in [0.1, 0.15) is 24.2 Å². The number of aromatic nitrogens is 1. The van der Waals surface area contributed by atoms with Gasteiger partial charge in [-0.25, -0.2) is 0 Å². The van der Waals surface area contributed by atoms with Crippen molar-refractivity contribution in [3.63, 3.8) is 0 Å². The third kappa shape index (κ3) is 7.51. The average molecular weight is 500 g/mol. The molecule has 2 aromatic rings. The number of hydrogen-bond donors (Lipinski definition) is 3. The van der Waals surface area contributed by atoms with Gasteiger partial charge in [-0.3, -0.25) is 9.98 Å². The summed E-state index contributed by atoms with van der Waals surface area (Å²) in [5.74, 6) is 2.11. The zero-order valence-corrected chi connectivity index (χ0v) is 18.8. The normalized spacial score (nSPS) is 11.9. The zero-order chi connectivity index (χ0) is 19.5. The van der Waals surface area contributed by atoms with Crippen LogP contribution < -0.4 is 20.1 Å². The summed E-state index contributed by atoms with van der Waals surface area (Å²) in [6.07, 6.45) is 3.47. The summed E-state index contributed by atoms with van der Waals surface area (Å²) in [5, 5.41) is 16.7. The number of ether oxygens (including phenoxy) is 2. The predicted molar refractivity (Wildman–Crippen MR) is 122 cm³/mol. The number of nitrogens with zero attached hydrogens (tertiary/aromatic N) is 2. The first kappa shape index (κ1) is 24.0. The molecular formula is C20H29IN4O3. The minimum Gasteiger partial charge on any atom is -0.493 e. The maximum absolute atomic E-state index is 10.2.